The summed E-state index contributed by atoms with van der Waals surface area (Å²) in [6.07, 6.45) is 9.36. The van der Waals surface area contributed by atoms with Crippen molar-refractivity contribution in [2.45, 2.75) is 45.6 Å². The molecule has 0 spiro atoms. The maximum atomic E-state index is 9.09. The highest BCUT2D eigenvalue weighted by atomic mass is 16.5. The van der Waals surface area contributed by atoms with E-state index >= 15 is 0 Å². The molecule has 2 N–H and O–H groups in total. The number of hydrogen-bond donors (Lipinski definition) is 2. The van der Waals surface area contributed by atoms with Gasteiger partial charge in [0.1, 0.15) is 12.4 Å². The first-order valence-corrected chi connectivity index (χ1v) is 11.1. The molecule has 1 aromatic carbocycles. The third kappa shape index (κ3) is 9.97. The Morgan fingerprint density at radius 1 is 1.03 bits per heavy atom. The van der Waals surface area contributed by atoms with Crippen LogP contribution in [0.15, 0.2) is 54.0 Å². The van der Waals surface area contributed by atoms with Crippen LogP contribution in [0.5, 0.6) is 0 Å². The van der Waals surface area contributed by atoms with Crippen LogP contribution >= 0.6 is 0 Å². The van der Waals surface area contributed by atoms with E-state index in [0.29, 0.717) is 6.61 Å². The maximum absolute atomic E-state index is 9.09. The van der Waals surface area contributed by atoms with Crippen molar-refractivity contribution in [3.8, 4) is 0 Å². The quantitative estimate of drug-likeness (QED) is 0.411. The first-order chi connectivity index (χ1) is 14.3. The predicted octanol–water partition coefficient (Wildman–Crippen LogP) is 3.86. The molecule has 5 heteroatoms. The third-order valence-corrected chi connectivity index (χ3v) is 4.90. The number of rotatable bonds is 16. The summed E-state index contributed by atoms with van der Waals surface area (Å²) in [4.78, 5) is 2.30. The van der Waals surface area contributed by atoms with Gasteiger partial charge in [-0.25, -0.2) is 0 Å². The van der Waals surface area contributed by atoms with E-state index in [-0.39, 0.29) is 6.61 Å². The Kier molecular flexibility index (Phi) is 12.2. The highest BCUT2D eigenvalue weighted by Crippen LogP contribution is 2.22. The van der Waals surface area contributed by atoms with Crippen LogP contribution in [0.4, 0.5) is 0 Å². The summed E-state index contributed by atoms with van der Waals surface area (Å²) in [6, 6.07) is 10.2. The van der Waals surface area contributed by atoms with Gasteiger partial charge in [0.25, 0.3) is 0 Å². The van der Waals surface area contributed by atoms with E-state index in [1.807, 2.05) is 24.3 Å². The van der Waals surface area contributed by atoms with Crippen LogP contribution in [0.3, 0.4) is 0 Å². The highest BCUT2D eigenvalue weighted by molar-refractivity contribution is 5.22. The minimum atomic E-state index is 0.236. The third-order valence-electron chi connectivity index (χ3n) is 4.90. The standard InChI is InChI=1S/C24H38N2O3/c1-2-16-26(18-19-27)17-15-25-14-8-9-20-28-23-12-6-7-13-24(23)29-21-22-10-4-3-5-11-22/h3-5,7,10-11,13,25,27H,2,6,8-9,12,14-21H2,1H3. The first-order valence-electron chi connectivity index (χ1n) is 11.1. The molecule has 29 heavy (non-hydrogen) atoms. The zero-order valence-corrected chi connectivity index (χ0v) is 17.9. The Morgan fingerprint density at radius 2 is 1.90 bits per heavy atom. The van der Waals surface area contributed by atoms with Crippen LogP contribution in [0.2, 0.25) is 0 Å². The molecule has 0 aromatic heterocycles. The molecule has 0 amide bonds. The Labute approximate surface area is 176 Å². The van der Waals surface area contributed by atoms with E-state index in [1.54, 1.807) is 0 Å². The van der Waals surface area contributed by atoms with Crippen LogP contribution in [-0.2, 0) is 16.1 Å². The lowest BCUT2D eigenvalue weighted by molar-refractivity contribution is 0.143. The Bertz CT molecular complexity index is 595. The van der Waals surface area contributed by atoms with Gasteiger partial charge in [-0.1, -0.05) is 43.3 Å². The molecule has 0 bridgehead atoms. The van der Waals surface area contributed by atoms with E-state index < -0.39 is 0 Å². The second-order valence-corrected chi connectivity index (χ2v) is 7.37. The molecular weight excluding hydrogens is 364 g/mol. The van der Waals surface area contributed by atoms with Crippen LogP contribution < -0.4 is 5.32 Å². The topological polar surface area (TPSA) is 54.0 Å². The number of aliphatic hydroxyl groups excluding tert-OH is 1. The van der Waals surface area contributed by atoms with E-state index in [4.69, 9.17) is 14.6 Å². The van der Waals surface area contributed by atoms with Crippen molar-refractivity contribution in [1.82, 2.24) is 10.2 Å². The number of aliphatic hydroxyl groups is 1. The molecule has 0 fully saturated rings. The molecule has 2 rings (SSSR count). The van der Waals surface area contributed by atoms with Gasteiger partial charge in [0.2, 0.25) is 0 Å². The summed E-state index contributed by atoms with van der Waals surface area (Å²) < 4.78 is 12.0. The molecule has 1 aliphatic rings. The summed E-state index contributed by atoms with van der Waals surface area (Å²) in [6.45, 7) is 8.49. The summed E-state index contributed by atoms with van der Waals surface area (Å²) >= 11 is 0. The molecule has 162 valence electrons. The lowest BCUT2D eigenvalue weighted by Crippen LogP contribution is -2.35. The van der Waals surface area contributed by atoms with E-state index in [1.165, 1.54) is 5.56 Å². The zero-order chi connectivity index (χ0) is 20.6. The molecule has 0 radical (unpaired) electrons. The van der Waals surface area contributed by atoms with Crippen molar-refractivity contribution in [3.63, 3.8) is 0 Å². The Morgan fingerprint density at radius 3 is 2.69 bits per heavy atom. The van der Waals surface area contributed by atoms with Crippen molar-refractivity contribution in [2.75, 3.05) is 45.9 Å². The van der Waals surface area contributed by atoms with Crippen molar-refractivity contribution < 1.29 is 14.6 Å². The molecule has 1 aliphatic carbocycles. The van der Waals surface area contributed by atoms with Gasteiger partial charge in [-0.05, 0) is 50.4 Å². The minimum absolute atomic E-state index is 0.236. The maximum Gasteiger partial charge on any atom is 0.157 e. The molecule has 0 heterocycles. The Balaban J connectivity index is 1.59. The largest absolute Gasteiger partial charge is 0.494 e. The van der Waals surface area contributed by atoms with Gasteiger partial charge < -0.3 is 19.9 Å². The summed E-state index contributed by atoms with van der Waals surface area (Å²) in [5.74, 6) is 1.86. The van der Waals surface area contributed by atoms with Gasteiger partial charge in [0.05, 0.1) is 13.2 Å². The number of nitrogens with one attached hydrogen (secondary N) is 1. The number of allylic oxidation sites excluding steroid dienone is 3. The molecule has 5 nitrogen and oxygen atoms in total. The van der Waals surface area contributed by atoms with Crippen LogP contribution in [-0.4, -0.2) is 55.9 Å². The molecular formula is C24H38N2O3. The van der Waals surface area contributed by atoms with Crippen molar-refractivity contribution >= 4 is 0 Å². The fourth-order valence-electron chi connectivity index (χ4n) is 3.33. The normalized spacial score (nSPS) is 13.9. The smallest absolute Gasteiger partial charge is 0.157 e. The van der Waals surface area contributed by atoms with Gasteiger partial charge in [-0.2, -0.15) is 0 Å². The predicted molar refractivity (Wildman–Crippen MR) is 119 cm³/mol. The molecule has 0 aliphatic heterocycles. The molecule has 1 aromatic rings. The van der Waals surface area contributed by atoms with Crippen molar-refractivity contribution in [1.29, 1.82) is 0 Å². The van der Waals surface area contributed by atoms with Crippen LogP contribution in [0.25, 0.3) is 0 Å². The van der Waals surface area contributed by atoms with Gasteiger partial charge in [-0.3, -0.25) is 4.90 Å². The Hall–Kier alpha value is -1.82. The summed E-state index contributed by atoms with van der Waals surface area (Å²) in [5, 5.41) is 12.6. The second kappa shape index (κ2) is 15.1. The van der Waals surface area contributed by atoms with E-state index in [2.05, 4.69) is 35.3 Å². The second-order valence-electron chi connectivity index (χ2n) is 7.37. The number of nitrogens with zero attached hydrogens (tertiary/aromatic N) is 1. The lowest BCUT2D eigenvalue weighted by atomic mass is 10.1. The number of unbranched alkanes of at least 4 members (excludes halogenated alkanes) is 1. The van der Waals surface area contributed by atoms with Gasteiger partial charge in [-0.15, -0.1) is 0 Å². The number of hydrogen-bond acceptors (Lipinski definition) is 5. The molecule has 0 saturated heterocycles. The van der Waals surface area contributed by atoms with E-state index in [9.17, 15) is 0 Å². The fraction of sp³-hybridized carbons (Fsp3) is 0.583. The first kappa shape index (κ1) is 23.5. The molecule has 0 unspecified atom stereocenters. The number of ether oxygens (including phenoxy) is 2. The van der Waals surface area contributed by atoms with Crippen LogP contribution in [0, 0.1) is 0 Å². The van der Waals surface area contributed by atoms with Gasteiger partial charge in [0, 0.05) is 26.1 Å². The summed E-state index contributed by atoms with van der Waals surface area (Å²) in [7, 11) is 0. The van der Waals surface area contributed by atoms with Crippen LogP contribution in [0.1, 0.15) is 44.6 Å². The number of benzene rings is 1. The monoisotopic (exact) mass is 402 g/mol. The molecule has 0 atom stereocenters. The van der Waals surface area contributed by atoms with Gasteiger partial charge >= 0.3 is 0 Å². The summed E-state index contributed by atoms with van der Waals surface area (Å²) in [5.41, 5.74) is 1.17. The van der Waals surface area contributed by atoms with Crippen molar-refractivity contribution in [2.24, 2.45) is 0 Å². The zero-order valence-electron chi connectivity index (χ0n) is 17.9. The highest BCUT2D eigenvalue weighted by Gasteiger charge is 2.11. The minimum Gasteiger partial charge on any atom is -0.494 e. The molecule has 0 saturated carbocycles. The SMILES string of the molecule is CCCN(CCO)CCNCCCCOC1=C(OCc2ccccc2)C=CCC1. The van der Waals surface area contributed by atoms with Gasteiger partial charge in [0.15, 0.2) is 5.76 Å². The fourth-order valence-corrected chi connectivity index (χ4v) is 3.33. The van der Waals surface area contributed by atoms with E-state index in [0.717, 1.165) is 83.0 Å². The lowest BCUT2D eigenvalue weighted by Gasteiger charge is -2.20. The van der Waals surface area contributed by atoms with Crippen molar-refractivity contribution in [3.05, 3.63) is 59.6 Å². The average Bonchev–Trinajstić information content (AvgIpc) is 2.76. The average molecular weight is 403 g/mol.